The summed E-state index contributed by atoms with van der Waals surface area (Å²) in [5, 5.41) is 0. The lowest BCUT2D eigenvalue weighted by Crippen LogP contribution is -2.25. The molecule has 0 aliphatic carbocycles. The van der Waals surface area contributed by atoms with Crippen molar-refractivity contribution >= 4 is 5.97 Å². The summed E-state index contributed by atoms with van der Waals surface area (Å²) >= 11 is 0. The molecule has 0 bridgehead atoms. The van der Waals surface area contributed by atoms with Gasteiger partial charge in [0, 0.05) is 6.42 Å². The number of hydrogen-bond donors (Lipinski definition) is 0. The predicted octanol–water partition coefficient (Wildman–Crippen LogP) is 5.23. The van der Waals surface area contributed by atoms with Crippen LogP contribution in [0, 0.1) is 5.41 Å². The minimum absolute atomic E-state index is 0.0970. The number of allylic oxidation sites excluding steroid dienone is 2. The Balaban J connectivity index is 4.28. The quantitative estimate of drug-likeness (QED) is 0.320. The summed E-state index contributed by atoms with van der Waals surface area (Å²) in [6.07, 6.45) is 9.47. The van der Waals surface area contributed by atoms with Crippen LogP contribution in [0.2, 0.25) is 0 Å². The molecule has 0 radical (unpaired) electrons. The summed E-state index contributed by atoms with van der Waals surface area (Å²) in [6, 6.07) is 0. The molecule has 0 saturated carbocycles. The Morgan fingerprint density at radius 2 is 1.78 bits per heavy atom. The molecule has 18 heavy (non-hydrogen) atoms. The number of carbonyl (C=O) groups excluding carboxylic acids is 1. The van der Waals surface area contributed by atoms with E-state index in [1.165, 1.54) is 19.3 Å². The van der Waals surface area contributed by atoms with Crippen molar-refractivity contribution in [1.82, 2.24) is 0 Å². The normalized spacial score (nSPS) is 12.6. The number of esters is 1. The Kier molecular flexibility index (Phi) is 8.78. The lowest BCUT2D eigenvalue weighted by molar-refractivity contribution is -0.149. The van der Waals surface area contributed by atoms with Crippen molar-refractivity contribution in [2.45, 2.75) is 79.6 Å². The maximum atomic E-state index is 12.0. The van der Waals surface area contributed by atoms with Gasteiger partial charge in [-0.1, -0.05) is 40.0 Å². The number of ether oxygens (including phenoxy) is 1. The highest BCUT2D eigenvalue weighted by molar-refractivity contribution is 5.76. The summed E-state index contributed by atoms with van der Waals surface area (Å²) in [5.74, 6) is 0.764. The van der Waals surface area contributed by atoms with Crippen LogP contribution in [0.1, 0.15) is 79.6 Å². The topological polar surface area (TPSA) is 26.3 Å². The molecule has 0 saturated heterocycles. The fraction of sp³-hybridized carbons (Fsp3) is 0.812. The first kappa shape index (κ1) is 17.2. The smallest absolute Gasteiger partial charge is 0.316 e. The SMILES string of the molecule is CC/C=C(/CCCCCC)OC(=O)C(C)(C)CC. The van der Waals surface area contributed by atoms with Gasteiger partial charge in [-0.15, -0.1) is 0 Å². The van der Waals surface area contributed by atoms with Crippen molar-refractivity contribution in [3.8, 4) is 0 Å². The first-order chi connectivity index (χ1) is 8.47. The molecule has 0 aliphatic rings. The fourth-order valence-corrected chi connectivity index (χ4v) is 1.55. The Morgan fingerprint density at radius 1 is 1.11 bits per heavy atom. The molecule has 0 N–H and O–H groups in total. The van der Waals surface area contributed by atoms with E-state index in [2.05, 4.69) is 13.8 Å². The van der Waals surface area contributed by atoms with E-state index in [4.69, 9.17) is 4.74 Å². The first-order valence-corrected chi connectivity index (χ1v) is 7.39. The predicted molar refractivity (Wildman–Crippen MR) is 77.3 cm³/mol. The second-order valence-electron chi connectivity index (χ2n) is 5.52. The number of hydrogen-bond acceptors (Lipinski definition) is 2. The van der Waals surface area contributed by atoms with Crippen LogP contribution in [0.25, 0.3) is 0 Å². The van der Waals surface area contributed by atoms with Crippen LogP contribution in [-0.4, -0.2) is 5.97 Å². The number of carbonyl (C=O) groups is 1. The van der Waals surface area contributed by atoms with Crippen molar-refractivity contribution in [1.29, 1.82) is 0 Å². The van der Waals surface area contributed by atoms with Gasteiger partial charge in [0.25, 0.3) is 0 Å². The van der Waals surface area contributed by atoms with Crippen molar-refractivity contribution in [2.75, 3.05) is 0 Å². The van der Waals surface area contributed by atoms with Gasteiger partial charge in [-0.05, 0) is 39.2 Å². The van der Waals surface area contributed by atoms with Gasteiger partial charge in [0.2, 0.25) is 0 Å². The molecule has 0 fully saturated rings. The largest absolute Gasteiger partial charge is 0.431 e. The minimum atomic E-state index is -0.379. The third-order valence-electron chi connectivity index (χ3n) is 3.37. The van der Waals surface area contributed by atoms with Gasteiger partial charge in [0.1, 0.15) is 5.76 Å². The van der Waals surface area contributed by atoms with E-state index in [-0.39, 0.29) is 11.4 Å². The molecule has 0 amide bonds. The van der Waals surface area contributed by atoms with E-state index >= 15 is 0 Å². The molecule has 0 atom stereocenters. The van der Waals surface area contributed by atoms with Gasteiger partial charge in [-0.25, -0.2) is 0 Å². The summed E-state index contributed by atoms with van der Waals surface area (Å²) in [5.41, 5.74) is -0.379. The van der Waals surface area contributed by atoms with Crippen molar-refractivity contribution in [2.24, 2.45) is 5.41 Å². The van der Waals surface area contributed by atoms with Gasteiger partial charge in [0.05, 0.1) is 5.41 Å². The molecule has 0 spiro atoms. The first-order valence-electron chi connectivity index (χ1n) is 7.39. The third-order valence-corrected chi connectivity index (χ3v) is 3.37. The number of unbranched alkanes of at least 4 members (excludes halogenated alkanes) is 3. The summed E-state index contributed by atoms with van der Waals surface area (Å²) < 4.78 is 5.55. The van der Waals surface area contributed by atoms with Crippen molar-refractivity contribution in [3.63, 3.8) is 0 Å². The van der Waals surface area contributed by atoms with Gasteiger partial charge in [-0.3, -0.25) is 4.79 Å². The van der Waals surface area contributed by atoms with E-state index in [1.807, 2.05) is 26.8 Å². The lowest BCUT2D eigenvalue weighted by Gasteiger charge is -2.21. The van der Waals surface area contributed by atoms with Crippen molar-refractivity contribution in [3.05, 3.63) is 11.8 Å². The molecule has 0 rings (SSSR count). The van der Waals surface area contributed by atoms with Crippen LogP contribution in [0.3, 0.4) is 0 Å². The third kappa shape index (κ3) is 6.83. The summed E-state index contributed by atoms with van der Waals surface area (Å²) in [4.78, 5) is 12.0. The Hall–Kier alpha value is -0.790. The van der Waals surface area contributed by atoms with Crippen molar-refractivity contribution < 1.29 is 9.53 Å². The van der Waals surface area contributed by atoms with E-state index in [0.717, 1.165) is 31.4 Å². The summed E-state index contributed by atoms with van der Waals surface area (Å²) in [7, 11) is 0. The molecule has 0 aromatic rings. The Bertz CT molecular complexity index is 264. The van der Waals surface area contributed by atoms with E-state index in [1.54, 1.807) is 0 Å². The number of rotatable bonds is 9. The molecular weight excluding hydrogens is 224 g/mol. The molecular formula is C16H30O2. The minimum Gasteiger partial charge on any atom is -0.431 e. The standard InChI is InChI=1S/C16H30O2/c1-6-9-10-11-13-14(12-7-2)18-15(17)16(4,5)8-3/h12H,6-11,13H2,1-5H3/b14-12-. The highest BCUT2D eigenvalue weighted by Gasteiger charge is 2.27. The van der Waals surface area contributed by atoms with Crippen LogP contribution >= 0.6 is 0 Å². The van der Waals surface area contributed by atoms with Crippen LogP contribution in [-0.2, 0) is 9.53 Å². The van der Waals surface area contributed by atoms with E-state index < -0.39 is 0 Å². The van der Waals surface area contributed by atoms with Gasteiger partial charge < -0.3 is 4.74 Å². The van der Waals surface area contributed by atoms with Gasteiger partial charge >= 0.3 is 5.97 Å². The fourth-order valence-electron chi connectivity index (χ4n) is 1.55. The molecule has 0 aromatic carbocycles. The van der Waals surface area contributed by atoms with Crippen LogP contribution in [0.15, 0.2) is 11.8 Å². The van der Waals surface area contributed by atoms with Gasteiger partial charge in [0.15, 0.2) is 0 Å². The van der Waals surface area contributed by atoms with E-state index in [9.17, 15) is 4.79 Å². The average Bonchev–Trinajstić information content (AvgIpc) is 2.34. The zero-order valence-corrected chi connectivity index (χ0v) is 12.8. The summed E-state index contributed by atoms with van der Waals surface area (Å²) in [6.45, 7) is 10.2. The zero-order valence-electron chi connectivity index (χ0n) is 12.8. The lowest BCUT2D eigenvalue weighted by atomic mass is 9.90. The Labute approximate surface area is 113 Å². The highest BCUT2D eigenvalue weighted by Crippen LogP contribution is 2.24. The highest BCUT2D eigenvalue weighted by atomic mass is 16.5. The molecule has 2 heteroatoms. The molecule has 0 aromatic heterocycles. The van der Waals surface area contributed by atoms with Crippen LogP contribution in [0.4, 0.5) is 0 Å². The average molecular weight is 254 g/mol. The van der Waals surface area contributed by atoms with Crippen LogP contribution < -0.4 is 0 Å². The van der Waals surface area contributed by atoms with E-state index in [0.29, 0.717) is 0 Å². The molecule has 0 aliphatic heterocycles. The van der Waals surface area contributed by atoms with Crippen LogP contribution in [0.5, 0.6) is 0 Å². The van der Waals surface area contributed by atoms with Gasteiger partial charge in [-0.2, -0.15) is 0 Å². The molecule has 2 nitrogen and oxygen atoms in total. The molecule has 0 heterocycles. The molecule has 106 valence electrons. The monoisotopic (exact) mass is 254 g/mol. The second kappa shape index (κ2) is 9.18. The molecule has 0 unspecified atom stereocenters. The second-order valence-corrected chi connectivity index (χ2v) is 5.52. The maximum absolute atomic E-state index is 12.0. The Morgan fingerprint density at radius 3 is 2.28 bits per heavy atom. The zero-order chi connectivity index (χ0) is 14.0. The maximum Gasteiger partial charge on any atom is 0.316 e.